The van der Waals surface area contributed by atoms with E-state index in [2.05, 4.69) is 15.4 Å². The number of alkyl halides is 3. The number of nitrogens with one attached hydrogen (secondary N) is 1. The third-order valence-corrected chi connectivity index (χ3v) is 2.76. The van der Waals surface area contributed by atoms with Crippen molar-refractivity contribution in [3.8, 4) is 0 Å². The van der Waals surface area contributed by atoms with E-state index >= 15 is 0 Å². The van der Waals surface area contributed by atoms with Gasteiger partial charge in [-0.2, -0.15) is 13.2 Å². The summed E-state index contributed by atoms with van der Waals surface area (Å²) >= 11 is 0. The Morgan fingerprint density at radius 3 is 2.57 bits per heavy atom. The van der Waals surface area contributed by atoms with Gasteiger partial charge in [0, 0.05) is 19.5 Å². The Kier molecular flexibility index (Phi) is 5.47. The highest BCUT2D eigenvalue weighted by Gasteiger charge is 2.29. The second-order valence-electron chi connectivity index (χ2n) is 4.88. The Hall–Kier alpha value is -1.90. The first-order chi connectivity index (χ1) is 9.65. The average Bonchev–Trinajstić information content (AvgIpc) is 2.42. The predicted octanol–water partition coefficient (Wildman–Crippen LogP) is 1.91. The van der Waals surface area contributed by atoms with Gasteiger partial charge in [-0.1, -0.05) is 13.8 Å². The minimum absolute atomic E-state index is 0.0242. The molecule has 0 unspecified atom stereocenters. The van der Waals surface area contributed by atoms with E-state index in [1.807, 2.05) is 13.8 Å². The molecule has 0 aliphatic rings. The highest BCUT2D eigenvalue weighted by atomic mass is 19.4. The smallest absolute Gasteiger partial charge is 0.340 e. The molecule has 0 aliphatic heterocycles. The Bertz CT molecular complexity index is 504. The molecule has 1 aromatic rings. The van der Waals surface area contributed by atoms with E-state index < -0.39 is 25.0 Å². The standard InChI is InChI=1S/C12H18F3N5O/c1-7(2)10-17-6-8(19-16)9(18-10)11(21)20(3)5-4-12(13,14)15/h6-7,19H,4-5,16H2,1-3H3. The summed E-state index contributed by atoms with van der Waals surface area (Å²) in [5.74, 6) is 5.03. The van der Waals surface area contributed by atoms with Crippen LogP contribution in [0, 0.1) is 0 Å². The maximum absolute atomic E-state index is 12.2. The van der Waals surface area contributed by atoms with Gasteiger partial charge in [0.25, 0.3) is 5.91 Å². The normalized spacial score (nSPS) is 11.6. The van der Waals surface area contributed by atoms with E-state index in [0.29, 0.717) is 5.82 Å². The number of nitrogens with zero attached hydrogens (tertiary/aromatic N) is 3. The molecule has 1 heterocycles. The van der Waals surface area contributed by atoms with Crippen LogP contribution in [0.1, 0.15) is 42.5 Å². The van der Waals surface area contributed by atoms with Crippen molar-refractivity contribution in [3.05, 3.63) is 17.7 Å². The summed E-state index contributed by atoms with van der Waals surface area (Å²) in [5, 5.41) is 0. The molecule has 21 heavy (non-hydrogen) atoms. The Morgan fingerprint density at radius 2 is 2.10 bits per heavy atom. The van der Waals surface area contributed by atoms with Crippen LogP contribution in [0.2, 0.25) is 0 Å². The number of carbonyl (C=O) groups is 1. The average molecular weight is 305 g/mol. The first kappa shape index (κ1) is 17.2. The molecule has 118 valence electrons. The van der Waals surface area contributed by atoms with Gasteiger partial charge in [-0.3, -0.25) is 10.6 Å². The number of rotatable bonds is 5. The van der Waals surface area contributed by atoms with Crippen molar-refractivity contribution in [2.75, 3.05) is 19.0 Å². The molecule has 9 heteroatoms. The van der Waals surface area contributed by atoms with Crippen LogP contribution in [0.25, 0.3) is 0 Å². The van der Waals surface area contributed by atoms with Gasteiger partial charge in [0.2, 0.25) is 0 Å². The van der Waals surface area contributed by atoms with Gasteiger partial charge in [0.1, 0.15) is 5.82 Å². The van der Waals surface area contributed by atoms with Crippen molar-refractivity contribution in [1.82, 2.24) is 14.9 Å². The Balaban J connectivity index is 2.96. The molecule has 3 N–H and O–H groups in total. The molecule has 0 radical (unpaired) electrons. The van der Waals surface area contributed by atoms with E-state index in [9.17, 15) is 18.0 Å². The van der Waals surface area contributed by atoms with E-state index in [-0.39, 0.29) is 17.3 Å². The molecular formula is C12H18F3N5O. The Labute approximate surface area is 120 Å². The molecule has 0 saturated carbocycles. The van der Waals surface area contributed by atoms with Crippen molar-refractivity contribution in [2.45, 2.75) is 32.4 Å². The third-order valence-electron chi connectivity index (χ3n) is 2.76. The zero-order valence-electron chi connectivity index (χ0n) is 12.0. The molecule has 0 saturated heterocycles. The van der Waals surface area contributed by atoms with Gasteiger partial charge in [0.15, 0.2) is 5.69 Å². The van der Waals surface area contributed by atoms with Gasteiger partial charge < -0.3 is 10.3 Å². The number of carbonyl (C=O) groups excluding carboxylic acids is 1. The molecule has 1 rings (SSSR count). The first-order valence-electron chi connectivity index (χ1n) is 6.31. The van der Waals surface area contributed by atoms with Crippen molar-refractivity contribution in [1.29, 1.82) is 0 Å². The highest BCUT2D eigenvalue weighted by molar-refractivity contribution is 5.97. The lowest BCUT2D eigenvalue weighted by Crippen LogP contribution is -2.32. The molecule has 0 aliphatic carbocycles. The summed E-state index contributed by atoms with van der Waals surface area (Å²) in [6.45, 7) is 3.23. The van der Waals surface area contributed by atoms with Crippen LogP contribution in [0.15, 0.2) is 6.20 Å². The molecular weight excluding hydrogens is 287 g/mol. The summed E-state index contributed by atoms with van der Waals surface area (Å²) in [6, 6.07) is 0. The van der Waals surface area contributed by atoms with Crippen LogP contribution >= 0.6 is 0 Å². The van der Waals surface area contributed by atoms with Crippen LogP contribution in [-0.4, -0.2) is 40.5 Å². The first-order valence-corrected chi connectivity index (χ1v) is 6.31. The van der Waals surface area contributed by atoms with Gasteiger partial charge in [-0.25, -0.2) is 9.97 Å². The van der Waals surface area contributed by atoms with Crippen LogP contribution < -0.4 is 11.3 Å². The van der Waals surface area contributed by atoms with E-state index in [1.54, 1.807) is 0 Å². The molecule has 1 aromatic heterocycles. The van der Waals surface area contributed by atoms with Crippen LogP contribution in [0.4, 0.5) is 18.9 Å². The summed E-state index contributed by atoms with van der Waals surface area (Å²) in [6.07, 6.45) is -4.06. The number of nitrogen functional groups attached to an aromatic ring is 1. The summed E-state index contributed by atoms with van der Waals surface area (Å²) in [5.41, 5.74) is 2.40. The van der Waals surface area contributed by atoms with Crippen LogP contribution in [0.3, 0.4) is 0 Å². The number of aromatic nitrogens is 2. The largest absolute Gasteiger partial charge is 0.390 e. The third kappa shape index (κ3) is 4.85. The number of halogens is 3. The SMILES string of the molecule is CC(C)c1ncc(NN)c(C(=O)N(C)CCC(F)(F)F)n1. The fourth-order valence-electron chi connectivity index (χ4n) is 1.52. The fraction of sp³-hybridized carbons (Fsp3) is 0.583. The molecule has 1 amide bonds. The van der Waals surface area contributed by atoms with E-state index in [0.717, 1.165) is 4.90 Å². The van der Waals surface area contributed by atoms with Gasteiger partial charge in [-0.05, 0) is 0 Å². The molecule has 0 spiro atoms. The molecule has 0 fully saturated rings. The number of anilines is 1. The number of amides is 1. The van der Waals surface area contributed by atoms with Crippen molar-refractivity contribution >= 4 is 11.6 Å². The highest BCUT2D eigenvalue weighted by Crippen LogP contribution is 2.21. The maximum atomic E-state index is 12.2. The summed E-state index contributed by atoms with van der Waals surface area (Å²) in [4.78, 5) is 21.3. The number of hydrogen-bond donors (Lipinski definition) is 2. The summed E-state index contributed by atoms with van der Waals surface area (Å²) < 4.78 is 36.6. The fourth-order valence-corrected chi connectivity index (χ4v) is 1.52. The Morgan fingerprint density at radius 1 is 1.48 bits per heavy atom. The van der Waals surface area contributed by atoms with Crippen LogP contribution in [0.5, 0.6) is 0 Å². The second kappa shape index (κ2) is 6.70. The monoisotopic (exact) mass is 305 g/mol. The zero-order valence-corrected chi connectivity index (χ0v) is 12.0. The van der Waals surface area contributed by atoms with Gasteiger partial charge in [0.05, 0.1) is 18.3 Å². The lowest BCUT2D eigenvalue weighted by molar-refractivity contribution is -0.136. The van der Waals surface area contributed by atoms with Crippen LogP contribution in [-0.2, 0) is 0 Å². The zero-order chi connectivity index (χ0) is 16.2. The van der Waals surface area contributed by atoms with Crippen molar-refractivity contribution < 1.29 is 18.0 Å². The van der Waals surface area contributed by atoms with Crippen molar-refractivity contribution in [2.24, 2.45) is 5.84 Å². The topological polar surface area (TPSA) is 84.1 Å². The second-order valence-corrected chi connectivity index (χ2v) is 4.88. The lowest BCUT2D eigenvalue weighted by Gasteiger charge is -2.19. The molecule has 0 aromatic carbocycles. The quantitative estimate of drug-likeness (QED) is 0.641. The number of hydrogen-bond acceptors (Lipinski definition) is 5. The number of nitrogens with two attached hydrogens (primary N) is 1. The number of hydrazine groups is 1. The minimum atomic E-state index is -4.32. The van der Waals surface area contributed by atoms with E-state index in [4.69, 9.17) is 5.84 Å². The minimum Gasteiger partial charge on any atom is -0.340 e. The predicted molar refractivity (Wildman–Crippen MR) is 71.6 cm³/mol. The van der Waals surface area contributed by atoms with Gasteiger partial charge in [-0.15, -0.1) is 0 Å². The molecule has 0 atom stereocenters. The maximum Gasteiger partial charge on any atom is 0.390 e. The molecule has 6 nitrogen and oxygen atoms in total. The van der Waals surface area contributed by atoms with Gasteiger partial charge >= 0.3 is 6.18 Å². The molecule has 0 bridgehead atoms. The van der Waals surface area contributed by atoms with E-state index in [1.165, 1.54) is 13.2 Å². The lowest BCUT2D eigenvalue weighted by atomic mass is 10.2. The van der Waals surface area contributed by atoms with Crippen molar-refractivity contribution in [3.63, 3.8) is 0 Å². The summed E-state index contributed by atoms with van der Waals surface area (Å²) in [7, 11) is 1.28.